The van der Waals surface area contributed by atoms with E-state index in [1.165, 1.54) is 6.39 Å². The van der Waals surface area contributed by atoms with Crippen LogP contribution >= 0.6 is 0 Å². The van der Waals surface area contributed by atoms with E-state index in [1.807, 2.05) is 6.07 Å². The normalized spacial score (nSPS) is 10.8. The summed E-state index contributed by atoms with van der Waals surface area (Å²) in [6, 6.07) is 1.86. The Morgan fingerprint density at radius 1 is 1.38 bits per heavy atom. The van der Waals surface area contributed by atoms with Crippen LogP contribution in [0.2, 0.25) is 0 Å². The maximum Gasteiger partial charge on any atom is 0.213 e. The van der Waals surface area contributed by atoms with E-state index in [0.29, 0.717) is 12.4 Å². The first kappa shape index (κ1) is 8.84. The Labute approximate surface area is 89.9 Å². The molecule has 0 saturated heterocycles. The van der Waals surface area contributed by atoms with Crippen molar-refractivity contribution in [2.75, 3.05) is 5.32 Å². The van der Waals surface area contributed by atoms with Crippen molar-refractivity contribution in [1.29, 1.82) is 0 Å². The van der Waals surface area contributed by atoms with Gasteiger partial charge in [0.1, 0.15) is 11.0 Å². The number of nitrogens with one attached hydrogen (secondary N) is 2. The van der Waals surface area contributed by atoms with Crippen molar-refractivity contribution in [2.45, 2.75) is 6.54 Å². The number of hydrogen-bond donors (Lipinski definition) is 2. The second kappa shape index (κ2) is 3.61. The Morgan fingerprint density at radius 2 is 2.38 bits per heavy atom. The quantitative estimate of drug-likeness (QED) is 0.677. The summed E-state index contributed by atoms with van der Waals surface area (Å²) in [4.78, 5) is 8.08. The molecule has 0 atom stereocenters. The van der Waals surface area contributed by atoms with E-state index in [1.54, 1.807) is 12.4 Å². The maximum absolute atomic E-state index is 4.64. The second-order valence-corrected chi connectivity index (χ2v) is 3.19. The first-order valence-electron chi connectivity index (χ1n) is 4.71. The van der Waals surface area contributed by atoms with Gasteiger partial charge in [-0.2, -0.15) is 10.1 Å². The van der Waals surface area contributed by atoms with Crippen molar-refractivity contribution in [3.05, 3.63) is 30.7 Å². The molecule has 0 aromatic carbocycles. The third kappa shape index (κ3) is 1.48. The van der Waals surface area contributed by atoms with Gasteiger partial charge in [0, 0.05) is 6.20 Å². The van der Waals surface area contributed by atoms with E-state index in [9.17, 15) is 0 Å². The van der Waals surface area contributed by atoms with Crippen molar-refractivity contribution in [2.24, 2.45) is 0 Å². The standard InChI is InChI=1S/C9H8N6O/c1-2-10-7-3-13-14-9(7)6(1)11-4-8-12-5-16-15-8/h1-3,5H,4H2,(H,10,11)(H,13,14). The van der Waals surface area contributed by atoms with Crippen molar-refractivity contribution < 1.29 is 4.52 Å². The molecule has 0 amide bonds. The first-order chi connectivity index (χ1) is 7.93. The van der Waals surface area contributed by atoms with E-state index in [0.717, 1.165) is 16.7 Å². The molecule has 2 N–H and O–H groups in total. The fourth-order valence-corrected chi connectivity index (χ4v) is 1.44. The molecule has 7 nitrogen and oxygen atoms in total. The number of fused-ring (bicyclic) bond motifs is 1. The largest absolute Gasteiger partial charge is 0.376 e. The molecule has 3 rings (SSSR count). The summed E-state index contributed by atoms with van der Waals surface area (Å²) >= 11 is 0. The molecule has 0 spiro atoms. The van der Waals surface area contributed by atoms with Crippen LogP contribution in [0.25, 0.3) is 11.0 Å². The maximum atomic E-state index is 4.64. The lowest BCUT2D eigenvalue weighted by atomic mass is 10.3. The fraction of sp³-hybridized carbons (Fsp3) is 0.111. The molecule has 0 saturated carbocycles. The highest BCUT2D eigenvalue weighted by atomic mass is 16.5. The van der Waals surface area contributed by atoms with Gasteiger partial charge in [0.05, 0.1) is 18.4 Å². The third-order valence-electron chi connectivity index (χ3n) is 2.19. The van der Waals surface area contributed by atoms with Gasteiger partial charge in [-0.3, -0.25) is 10.1 Å². The van der Waals surface area contributed by atoms with E-state index in [-0.39, 0.29) is 0 Å². The zero-order chi connectivity index (χ0) is 10.8. The minimum atomic E-state index is 0.495. The summed E-state index contributed by atoms with van der Waals surface area (Å²) in [5, 5.41) is 13.7. The summed E-state index contributed by atoms with van der Waals surface area (Å²) in [5.41, 5.74) is 2.59. The van der Waals surface area contributed by atoms with E-state index >= 15 is 0 Å². The van der Waals surface area contributed by atoms with Gasteiger partial charge in [-0.15, -0.1) is 0 Å². The molecule has 0 aliphatic heterocycles. The van der Waals surface area contributed by atoms with Crippen molar-refractivity contribution in [3.8, 4) is 0 Å². The van der Waals surface area contributed by atoms with Crippen LogP contribution in [0.15, 0.2) is 29.4 Å². The van der Waals surface area contributed by atoms with Gasteiger partial charge in [0.15, 0.2) is 5.82 Å². The van der Waals surface area contributed by atoms with Gasteiger partial charge in [0.25, 0.3) is 0 Å². The molecule has 0 radical (unpaired) electrons. The van der Waals surface area contributed by atoms with Gasteiger partial charge in [-0.05, 0) is 6.07 Å². The van der Waals surface area contributed by atoms with E-state index in [2.05, 4.69) is 35.2 Å². The van der Waals surface area contributed by atoms with Gasteiger partial charge < -0.3 is 9.84 Å². The predicted molar refractivity (Wildman–Crippen MR) is 55.5 cm³/mol. The summed E-state index contributed by atoms with van der Waals surface area (Å²) in [7, 11) is 0. The van der Waals surface area contributed by atoms with E-state index < -0.39 is 0 Å². The molecular formula is C9H8N6O. The lowest BCUT2D eigenvalue weighted by molar-refractivity contribution is 0.411. The van der Waals surface area contributed by atoms with Crippen molar-refractivity contribution in [3.63, 3.8) is 0 Å². The predicted octanol–water partition coefficient (Wildman–Crippen LogP) is 0.953. The van der Waals surface area contributed by atoms with Crippen LogP contribution in [0.1, 0.15) is 5.82 Å². The lowest BCUT2D eigenvalue weighted by Gasteiger charge is -2.03. The highest BCUT2D eigenvalue weighted by Gasteiger charge is 2.04. The van der Waals surface area contributed by atoms with Crippen LogP contribution < -0.4 is 5.32 Å². The summed E-state index contributed by atoms with van der Waals surface area (Å²) < 4.78 is 4.64. The molecule has 3 aromatic rings. The molecule has 16 heavy (non-hydrogen) atoms. The van der Waals surface area contributed by atoms with Gasteiger partial charge in [-0.1, -0.05) is 5.16 Å². The van der Waals surface area contributed by atoms with Gasteiger partial charge in [0.2, 0.25) is 6.39 Å². The number of anilines is 1. The minimum Gasteiger partial charge on any atom is -0.376 e. The van der Waals surface area contributed by atoms with Crippen LogP contribution in [0.3, 0.4) is 0 Å². The highest BCUT2D eigenvalue weighted by Crippen LogP contribution is 2.18. The molecule has 80 valence electrons. The average Bonchev–Trinajstić information content (AvgIpc) is 2.97. The zero-order valence-corrected chi connectivity index (χ0v) is 8.21. The second-order valence-electron chi connectivity index (χ2n) is 3.19. The highest BCUT2D eigenvalue weighted by molar-refractivity contribution is 5.86. The number of nitrogens with zero attached hydrogens (tertiary/aromatic N) is 4. The topological polar surface area (TPSA) is 92.5 Å². The SMILES string of the molecule is c1cc(NCc2ncon2)c2[nH]ncc2n1. The van der Waals surface area contributed by atoms with Gasteiger partial charge >= 0.3 is 0 Å². The minimum absolute atomic E-state index is 0.495. The molecule has 0 fully saturated rings. The Morgan fingerprint density at radius 3 is 3.25 bits per heavy atom. The Kier molecular flexibility index (Phi) is 1.99. The Hall–Kier alpha value is -2.44. The fourth-order valence-electron chi connectivity index (χ4n) is 1.44. The van der Waals surface area contributed by atoms with Crippen LogP contribution in [0, 0.1) is 0 Å². The smallest absolute Gasteiger partial charge is 0.213 e. The van der Waals surface area contributed by atoms with Crippen LogP contribution in [0.4, 0.5) is 5.69 Å². The number of hydrogen-bond acceptors (Lipinski definition) is 6. The van der Waals surface area contributed by atoms with Gasteiger partial charge in [-0.25, -0.2) is 0 Å². The van der Waals surface area contributed by atoms with Crippen molar-refractivity contribution >= 4 is 16.7 Å². The molecular weight excluding hydrogens is 208 g/mol. The molecule has 0 bridgehead atoms. The number of aromatic nitrogens is 5. The molecule has 0 aliphatic carbocycles. The van der Waals surface area contributed by atoms with E-state index in [4.69, 9.17) is 0 Å². The number of rotatable bonds is 3. The Bertz CT molecular complexity index is 587. The molecule has 0 aliphatic rings. The van der Waals surface area contributed by atoms with Crippen LogP contribution in [0.5, 0.6) is 0 Å². The van der Waals surface area contributed by atoms with Crippen LogP contribution in [-0.4, -0.2) is 25.3 Å². The average molecular weight is 216 g/mol. The summed E-state index contributed by atoms with van der Waals surface area (Å²) in [5.74, 6) is 0.601. The molecule has 3 aromatic heterocycles. The molecule has 7 heteroatoms. The third-order valence-corrected chi connectivity index (χ3v) is 2.19. The zero-order valence-electron chi connectivity index (χ0n) is 8.21. The monoisotopic (exact) mass is 216 g/mol. The summed E-state index contributed by atoms with van der Waals surface area (Å²) in [6.45, 7) is 0.495. The number of H-pyrrole nitrogens is 1. The molecule has 3 heterocycles. The number of aromatic amines is 1. The first-order valence-corrected chi connectivity index (χ1v) is 4.71. The summed E-state index contributed by atoms with van der Waals surface area (Å²) in [6.07, 6.45) is 4.70. The molecule has 0 unspecified atom stereocenters. The lowest BCUT2D eigenvalue weighted by Crippen LogP contribution is -2.01. The number of pyridine rings is 1. The van der Waals surface area contributed by atoms with Crippen LogP contribution in [-0.2, 0) is 6.54 Å². The van der Waals surface area contributed by atoms with Crippen molar-refractivity contribution in [1.82, 2.24) is 25.3 Å². The Balaban J connectivity index is 1.86.